The van der Waals surface area contributed by atoms with E-state index in [9.17, 15) is 9.59 Å². The topological polar surface area (TPSA) is 86.1 Å². The van der Waals surface area contributed by atoms with Crippen molar-refractivity contribution in [2.75, 3.05) is 12.4 Å². The summed E-state index contributed by atoms with van der Waals surface area (Å²) >= 11 is 0. The van der Waals surface area contributed by atoms with Gasteiger partial charge in [0.2, 0.25) is 5.91 Å². The Morgan fingerprint density at radius 3 is 2.62 bits per heavy atom. The van der Waals surface area contributed by atoms with Gasteiger partial charge in [-0.2, -0.15) is 5.10 Å². The number of aromatic nitrogens is 3. The number of methoxy groups -OCH3 is 1. The Morgan fingerprint density at radius 1 is 1.15 bits per heavy atom. The molecule has 0 aliphatic heterocycles. The van der Waals surface area contributed by atoms with Gasteiger partial charge in [-0.3, -0.25) is 9.59 Å². The predicted octanol–water partition coefficient (Wildman–Crippen LogP) is 2.26. The first kappa shape index (κ1) is 17.3. The maximum absolute atomic E-state index is 12.3. The fourth-order valence-electron chi connectivity index (χ4n) is 2.40. The van der Waals surface area contributed by atoms with Gasteiger partial charge in [0.1, 0.15) is 18.1 Å². The van der Waals surface area contributed by atoms with Gasteiger partial charge in [-0.05, 0) is 48.9 Å². The molecule has 0 fully saturated rings. The van der Waals surface area contributed by atoms with Crippen LogP contribution in [0.15, 0.2) is 59.5 Å². The van der Waals surface area contributed by atoms with Crippen molar-refractivity contribution in [2.45, 2.75) is 13.5 Å². The molecule has 0 unspecified atom stereocenters. The van der Waals surface area contributed by atoms with Crippen molar-refractivity contribution in [1.29, 1.82) is 0 Å². The molecule has 0 saturated heterocycles. The molecule has 3 aromatic rings. The molecule has 0 spiro atoms. The first-order chi connectivity index (χ1) is 12.6. The maximum Gasteiger partial charge on any atom is 0.267 e. The molecule has 1 aromatic carbocycles. The van der Waals surface area contributed by atoms with Gasteiger partial charge in [0.25, 0.3) is 5.56 Å². The number of anilines is 1. The lowest BCUT2D eigenvalue weighted by Gasteiger charge is -2.09. The van der Waals surface area contributed by atoms with Crippen LogP contribution in [-0.2, 0) is 11.3 Å². The minimum atomic E-state index is -0.367. The second-order valence-corrected chi connectivity index (χ2v) is 5.66. The highest BCUT2D eigenvalue weighted by Gasteiger charge is 2.10. The molecule has 1 amide bonds. The van der Waals surface area contributed by atoms with Gasteiger partial charge in [0.05, 0.1) is 12.8 Å². The van der Waals surface area contributed by atoms with E-state index in [0.29, 0.717) is 11.5 Å². The van der Waals surface area contributed by atoms with E-state index in [0.717, 1.165) is 21.6 Å². The van der Waals surface area contributed by atoms with Crippen LogP contribution in [0.4, 0.5) is 5.82 Å². The van der Waals surface area contributed by atoms with Crippen molar-refractivity contribution in [3.63, 3.8) is 0 Å². The Hall–Kier alpha value is -3.48. The molecule has 0 bridgehead atoms. The number of rotatable bonds is 5. The summed E-state index contributed by atoms with van der Waals surface area (Å²) in [5.41, 5.74) is 1.90. The third-order valence-electron chi connectivity index (χ3n) is 3.81. The largest absolute Gasteiger partial charge is 0.497 e. The first-order valence-corrected chi connectivity index (χ1v) is 8.01. The third kappa shape index (κ3) is 3.94. The summed E-state index contributed by atoms with van der Waals surface area (Å²) in [6.07, 6.45) is 1.59. The molecule has 7 heteroatoms. The number of carbonyl (C=O) groups excluding carboxylic acids is 1. The maximum atomic E-state index is 12.3. The van der Waals surface area contributed by atoms with E-state index in [1.165, 1.54) is 6.07 Å². The van der Waals surface area contributed by atoms with E-state index in [1.807, 2.05) is 37.3 Å². The number of amides is 1. The van der Waals surface area contributed by atoms with Crippen LogP contribution in [0.3, 0.4) is 0 Å². The Labute approximate surface area is 150 Å². The smallest absolute Gasteiger partial charge is 0.267 e. The zero-order valence-corrected chi connectivity index (χ0v) is 14.5. The molecule has 7 nitrogen and oxygen atoms in total. The number of hydrogen-bond acceptors (Lipinski definition) is 5. The highest BCUT2D eigenvalue weighted by atomic mass is 16.5. The Kier molecular flexibility index (Phi) is 5.07. The van der Waals surface area contributed by atoms with Crippen LogP contribution in [0.25, 0.3) is 11.3 Å². The van der Waals surface area contributed by atoms with Crippen LogP contribution in [0, 0.1) is 6.92 Å². The number of aryl methyl sites for hydroxylation is 1. The van der Waals surface area contributed by atoms with Crippen molar-refractivity contribution in [3.8, 4) is 17.0 Å². The second-order valence-electron chi connectivity index (χ2n) is 5.66. The normalized spacial score (nSPS) is 10.4. The van der Waals surface area contributed by atoms with Crippen molar-refractivity contribution >= 4 is 11.7 Å². The van der Waals surface area contributed by atoms with Gasteiger partial charge in [-0.1, -0.05) is 6.07 Å². The number of nitrogens with zero attached hydrogens (tertiary/aromatic N) is 3. The summed E-state index contributed by atoms with van der Waals surface area (Å²) in [5, 5.41) is 6.98. The molecule has 0 saturated carbocycles. The highest BCUT2D eigenvalue weighted by molar-refractivity contribution is 5.90. The van der Waals surface area contributed by atoms with Gasteiger partial charge in [0.15, 0.2) is 0 Å². The Bertz CT molecular complexity index is 981. The van der Waals surface area contributed by atoms with E-state index in [-0.39, 0.29) is 18.0 Å². The summed E-state index contributed by atoms with van der Waals surface area (Å²) < 4.78 is 6.26. The van der Waals surface area contributed by atoms with E-state index in [2.05, 4.69) is 15.4 Å². The number of nitrogens with one attached hydrogen (secondary N) is 1. The van der Waals surface area contributed by atoms with Gasteiger partial charge in [-0.25, -0.2) is 9.67 Å². The standard InChI is InChI=1S/C19H18N4O3/c1-13-4-3-11-20-19(13)21-17(24)12-23-18(25)10-9-16(22-23)14-5-7-15(26-2)8-6-14/h3-11H,12H2,1-2H3,(H,20,21,24). The van der Waals surface area contributed by atoms with E-state index in [1.54, 1.807) is 25.4 Å². The quantitative estimate of drug-likeness (QED) is 0.763. The highest BCUT2D eigenvalue weighted by Crippen LogP contribution is 2.19. The molecule has 2 heterocycles. The average Bonchev–Trinajstić information content (AvgIpc) is 2.65. The molecule has 0 aliphatic rings. The lowest BCUT2D eigenvalue weighted by molar-refractivity contribution is -0.117. The van der Waals surface area contributed by atoms with E-state index >= 15 is 0 Å². The van der Waals surface area contributed by atoms with Crippen LogP contribution >= 0.6 is 0 Å². The number of benzene rings is 1. The number of ether oxygens (including phenoxy) is 1. The third-order valence-corrected chi connectivity index (χ3v) is 3.81. The van der Waals surface area contributed by atoms with Crippen LogP contribution in [0.5, 0.6) is 5.75 Å². The van der Waals surface area contributed by atoms with Crippen LogP contribution in [0.1, 0.15) is 5.56 Å². The van der Waals surface area contributed by atoms with Crippen LogP contribution in [-0.4, -0.2) is 27.8 Å². The number of carbonyl (C=O) groups is 1. The first-order valence-electron chi connectivity index (χ1n) is 8.01. The van der Waals surface area contributed by atoms with Crippen LogP contribution < -0.4 is 15.6 Å². The zero-order chi connectivity index (χ0) is 18.5. The summed E-state index contributed by atoms with van der Waals surface area (Å²) in [6.45, 7) is 1.65. The fraction of sp³-hybridized carbons (Fsp3) is 0.158. The molecule has 2 aromatic heterocycles. The number of pyridine rings is 1. The summed E-state index contributed by atoms with van der Waals surface area (Å²) in [6, 6.07) is 14.0. The Morgan fingerprint density at radius 2 is 1.92 bits per heavy atom. The molecule has 0 radical (unpaired) electrons. The summed E-state index contributed by atoms with van der Waals surface area (Å²) in [7, 11) is 1.59. The van der Waals surface area contributed by atoms with E-state index in [4.69, 9.17) is 4.74 Å². The zero-order valence-electron chi connectivity index (χ0n) is 14.5. The van der Waals surface area contributed by atoms with Crippen molar-refractivity contribution in [1.82, 2.24) is 14.8 Å². The molecular formula is C19H18N4O3. The van der Waals surface area contributed by atoms with Crippen LogP contribution in [0.2, 0.25) is 0 Å². The summed E-state index contributed by atoms with van der Waals surface area (Å²) in [4.78, 5) is 28.4. The second kappa shape index (κ2) is 7.60. The SMILES string of the molecule is COc1ccc(-c2ccc(=O)n(CC(=O)Nc3ncccc3C)n2)cc1. The molecular weight excluding hydrogens is 332 g/mol. The minimum absolute atomic E-state index is 0.196. The fourth-order valence-corrected chi connectivity index (χ4v) is 2.40. The summed E-state index contributed by atoms with van der Waals surface area (Å²) in [5.74, 6) is 0.831. The lowest BCUT2D eigenvalue weighted by atomic mass is 10.1. The van der Waals surface area contributed by atoms with E-state index < -0.39 is 0 Å². The molecule has 26 heavy (non-hydrogen) atoms. The number of hydrogen-bond donors (Lipinski definition) is 1. The monoisotopic (exact) mass is 350 g/mol. The van der Waals surface area contributed by atoms with Crippen molar-refractivity contribution in [2.24, 2.45) is 0 Å². The average molecular weight is 350 g/mol. The van der Waals surface area contributed by atoms with Gasteiger partial charge in [-0.15, -0.1) is 0 Å². The van der Waals surface area contributed by atoms with Crippen molar-refractivity contribution < 1.29 is 9.53 Å². The predicted molar refractivity (Wildman–Crippen MR) is 98.1 cm³/mol. The lowest BCUT2D eigenvalue weighted by Crippen LogP contribution is -2.29. The van der Waals surface area contributed by atoms with Gasteiger partial charge in [0, 0.05) is 17.8 Å². The molecule has 3 rings (SSSR count). The molecule has 132 valence electrons. The minimum Gasteiger partial charge on any atom is -0.497 e. The van der Waals surface area contributed by atoms with Crippen molar-refractivity contribution in [3.05, 3.63) is 70.6 Å². The molecule has 0 aliphatic carbocycles. The molecule has 1 N–H and O–H groups in total. The molecule has 0 atom stereocenters. The van der Waals surface area contributed by atoms with Gasteiger partial charge >= 0.3 is 0 Å². The van der Waals surface area contributed by atoms with Gasteiger partial charge < -0.3 is 10.1 Å². The Balaban J connectivity index is 1.80.